The summed E-state index contributed by atoms with van der Waals surface area (Å²) in [5.74, 6) is 0.130. The molecular weight excluding hydrogens is 208 g/mol. The zero-order chi connectivity index (χ0) is 10.7. The molecule has 1 aliphatic rings. The topological polar surface area (TPSA) is 33.2 Å². The lowest BCUT2D eigenvalue weighted by Crippen LogP contribution is -2.28. The van der Waals surface area contributed by atoms with Gasteiger partial charge in [0, 0.05) is 19.3 Å². The van der Waals surface area contributed by atoms with Crippen molar-refractivity contribution in [3.63, 3.8) is 0 Å². The molecular formula is C11H14N2OS. The van der Waals surface area contributed by atoms with E-state index in [0.717, 1.165) is 36.5 Å². The fourth-order valence-electron chi connectivity index (χ4n) is 1.81. The summed E-state index contributed by atoms with van der Waals surface area (Å²) in [6.07, 6.45) is 5.93. The average Bonchev–Trinajstić information content (AvgIpc) is 2.81. The molecule has 0 unspecified atom stereocenters. The van der Waals surface area contributed by atoms with Crippen LogP contribution in [-0.2, 0) is 0 Å². The molecule has 0 aliphatic carbocycles. The van der Waals surface area contributed by atoms with Gasteiger partial charge in [0.1, 0.15) is 5.03 Å². The van der Waals surface area contributed by atoms with Gasteiger partial charge in [0.05, 0.1) is 5.56 Å². The Labute approximate surface area is 93.9 Å². The third kappa shape index (κ3) is 2.15. The predicted octanol–water partition coefficient (Wildman–Crippen LogP) is 2.04. The Balaban J connectivity index is 2.24. The van der Waals surface area contributed by atoms with Gasteiger partial charge in [-0.05, 0) is 31.2 Å². The van der Waals surface area contributed by atoms with E-state index in [4.69, 9.17) is 0 Å². The molecule has 15 heavy (non-hydrogen) atoms. The van der Waals surface area contributed by atoms with Crippen LogP contribution in [0.25, 0.3) is 0 Å². The van der Waals surface area contributed by atoms with E-state index in [1.165, 1.54) is 11.8 Å². The van der Waals surface area contributed by atoms with E-state index in [1.54, 1.807) is 6.20 Å². The number of carbonyl (C=O) groups excluding carboxylic acids is 1. The van der Waals surface area contributed by atoms with Gasteiger partial charge in [-0.15, -0.1) is 11.8 Å². The van der Waals surface area contributed by atoms with Crippen LogP contribution < -0.4 is 0 Å². The van der Waals surface area contributed by atoms with Crippen molar-refractivity contribution in [3.8, 4) is 0 Å². The Morgan fingerprint density at radius 1 is 1.47 bits per heavy atom. The average molecular weight is 222 g/mol. The van der Waals surface area contributed by atoms with Gasteiger partial charge in [-0.3, -0.25) is 4.79 Å². The van der Waals surface area contributed by atoms with E-state index in [1.807, 2.05) is 23.3 Å². The van der Waals surface area contributed by atoms with E-state index >= 15 is 0 Å². The SMILES string of the molecule is CSc1ncccc1C(=O)N1CCCC1. The first kappa shape index (κ1) is 10.5. The van der Waals surface area contributed by atoms with Crippen LogP contribution in [0.5, 0.6) is 0 Å². The van der Waals surface area contributed by atoms with Crippen molar-refractivity contribution in [2.24, 2.45) is 0 Å². The van der Waals surface area contributed by atoms with Crippen molar-refractivity contribution in [2.45, 2.75) is 17.9 Å². The van der Waals surface area contributed by atoms with E-state index in [0.29, 0.717) is 0 Å². The summed E-state index contributed by atoms with van der Waals surface area (Å²) < 4.78 is 0. The molecule has 0 N–H and O–H groups in total. The maximum atomic E-state index is 12.1. The van der Waals surface area contributed by atoms with Crippen molar-refractivity contribution in [1.82, 2.24) is 9.88 Å². The molecule has 0 saturated carbocycles. The van der Waals surface area contributed by atoms with E-state index in [-0.39, 0.29) is 5.91 Å². The van der Waals surface area contributed by atoms with Gasteiger partial charge in [-0.25, -0.2) is 4.98 Å². The fraction of sp³-hybridized carbons (Fsp3) is 0.455. The number of aromatic nitrogens is 1. The molecule has 4 heteroatoms. The monoisotopic (exact) mass is 222 g/mol. The van der Waals surface area contributed by atoms with Crippen LogP contribution in [0, 0.1) is 0 Å². The number of hydrogen-bond acceptors (Lipinski definition) is 3. The van der Waals surface area contributed by atoms with Crippen LogP contribution in [0.15, 0.2) is 23.4 Å². The van der Waals surface area contributed by atoms with Gasteiger partial charge in [0.2, 0.25) is 0 Å². The molecule has 3 nitrogen and oxygen atoms in total. The van der Waals surface area contributed by atoms with Gasteiger partial charge >= 0.3 is 0 Å². The summed E-state index contributed by atoms with van der Waals surface area (Å²) in [6.45, 7) is 1.78. The molecule has 1 fully saturated rings. The summed E-state index contributed by atoms with van der Waals surface area (Å²) in [7, 11) is 0. The zero-order valence-corrected chi connectivity index (χ0v) is 9.59. The number of likely N-dealkylation sites (tertiary alicyclic amines) is 1. The van der Waals surface area contributed by atoms with Crippen LogP contribution in [0.3, 0.4) is 0 Å². The summed E-state index contributed by atoms with van der Waals surface area (Å²) >= 11 is 1.52. The van der Waals surface area contributed by atoms with Crippen molar-refractivity contribution in [1.29, 1.82) is 0 Å². The molecule has 1 aromatic heterocycles. The first-order valence-corrected chi connectivity index (χ1v) is 6.33. The number of carbonyl (C=O) groups is 1. The smallest absolute Gasteiger partial charge is 0.256 e. The van der Waals surface area contributed by atoms with Gasteiger partial charge < -0.3 is 4.90 Å². The largest absolute Gasteiger partial charge is 0.339 e. The minimum Gasteiger partial charge on any atom is -0.339 e. The Morgan fingerprint density at radius 2 is 2.20 bits per heavy atom. The first-order chi connectivity index (χ1) is 7.33. The minimum absolute atomic E-state index is 0.130. The predicted molar refractivity (Wildman–Crippen MR) is 61.2 cm³/mol. The second-order valence-electron chi connectivity index (χ2n) is 3.56. The summed E-state index contributed by atoms with van der Waals surface area (Å²) in [5, 5.41) is 0.828. The molecule has 1 aromatic rings. The summed E-state index contributed by atoms with van der Waals surface area (Å²) in [5.41, 5.74) is 0.743. The summed E-state index contributed by atoms with van der Waals surface area (Å²) in [4.78, 5) is 18.2. The lowest BCUT2D eigenvalue weighted by molar-refractivity contribution is 0.0788. The number of rotatable bonds is 2. The highest BCUT2D eigenvalue weighted by molar-refractivity contribution is 7.98. The highest BCUT2D eigenvalue weighted by atomic mass is 32.2. The van der Waals surface area contributed by atoms with E-state index < -0.39 is 0 Å². The highest BCUT2D eigenvalue weighted by Gasteiger charge is 2.21. The van der Waals surface area contributed by atoms with Crippen LogP contribution in [-0.4, -0.2) is 35.1 Å². The third-order valence-electron chi connectivity index (χ3n) is 2.59. The maximum Gasteiger partial charge on any atom is 0.256 e. The van der Waals surface area contributed by atoms with Gasteiger partial charge in [-0.1, -0.05) is 0 Å². The number of pyridine rings is 1. The molecule has 0 atom stereocenters. The Kier molecular flexibility index (Phi) is 3.26. The molecule has 80 valence electrons. The van der Waals surface area contributed by atoms with Crippen LogP contribution >= 0.6 is 11.8 Å². The highest BCUT2D eigenvalue weighted by Crippen LogP contribution is 2.20. The van der Waals surface area contributed by atoms with Gasteiger partial charge in [-0.2, -0.15) is 0 Å². The third-order valence-corrected chi connectivity index (χ3v) is 3.30. The van der Waals surface area contributed by atoms with Gasteiger partial charge in [0.25, 0.3) is 5.91 Å². The molecule has 1 amide bonds. The van der Waals surface area contributed by atoms with Gasteiger partial charge in [0.15, 0.2) is 0 Å². The Morgan fingerprint density at radius 3 is 2.87 bits per heavy atom. The van der Waals surface area contributed by atoms with E-state index in [9.17, 15) is 4.79 Å². The second kappa shape index (κ2) is 4.66. The van der Waals surface area contributed by atoms with Crippen molar-refractivity contribution in [2.75, 3.05) is 19.3 Å². The number of hydrogen-bond donors (Lipinski definition) is 0. The standard InChI is InChI=1S/C11H14N2OS/c1-15-10-9(5-4-6-12-10)11(14)13-7-2-3-8-13/h4-6H,2-3,7-8H2,1H3. The van der Waals surface area contributed by atoms with Crippen LogP contribution in [0.2, 0.25) is 0 Å². The number of nitrogens with zero attached hydrogens (tertiary/aromatic N) is 2. The normalized spacial score (nSPS) is 15.7. The first-order valence-electron chi connectivity index (χ1n) is 5.11. The summed E-state index contributed by atoms with van der Waals surface area (Å²) in [6, 6.07) is 3.68. The van der Waals surface area contributed by atoms with Crippen LogP contribution in [0.1, 0.15) is 23.2 Å². The molecule has 2 rings (SSSR count). The Hall–Kier alpha value is -1.03. The quantitative estimate of drug-likeness (QED) is 0.718. The second-order valence-corrected chi connectivity index (χ2v) is 4.35. The molecule has 0 spiro atoms. The number of thioether (sulfide) groups is 1. The maximum absolute atomic E-state index is 12.1. The Bertz CT molecular complexity index is 361. The lowest BCUT2D eigenvalue weighted by Gasteiger charge is -2.16. The number of amides is 1. The molecule has 0 aromatic carbocycles. The zero-order valence-electron chi connectivity index (χ0n) is 8.77. The van der Waals surface area contributed by atoms with Crippen LogP contribution in [0.4, 0.5) is 0 Å². The van der Waals surface area contributed by atoms with E-state index in [2.05, 4.69) is 4.98 Å². The van der Waals surface area contributed by atoms with Crippen molar-refractivity contribution >= 4 is 17.7 Å². The molecule has 1 aliphatic heterocycles. The minimum atomic E-state index is 0.130. The lowest BCUT2D eigenvalue weighted by atomic mass is 10.2. The van der Waals surface area contributed by atoms with Crippen molar-refractivity contribution in [3.05, 3.63) is 23.9 Å². The van der Waals surface area contributed by atoms with Crippen molar-refractivity contribution < 1.29 is 4.79 Å². The fourth-order valence-corrected chi connectivity index (χ4v) is 2.35. The molecule has 0 bridgehead atoms. The molecule has 0 radical (unpaired) electrons. The molecule has 1 saturated heterocycles. The molecule has 2 heterocycles.